The third-order valence-corrected chi connectivity index (χ3v) is 13.3. The fourth-order valence-corrected chi connectivity index (χ4v) is 10.7. The number of carbonyl (C=O) groups is 3. The first-order valence-corrected chi connectivity index (χ1v) is 21.1. The highest BCUT2D eigenvalue weighted by atomic mass is 28.4. The Morgan fingerprint density at radius 3 is 2.30 bits per heavy atom. The minimum atomic E-state index is -3.72. The van der Waals surface area contributed by atoms with Crippen molar-refractivity contribution in [2.75, 3.05) is 23.4 Å². The first kappa shape index (κ1) is 41.0. The van der Waals surface area contributed by atoms with Crippen LogP contribution in [0.25, 0.3) is 0 Å². The normalized spacial score (nSPS) is 28.7. The van der Waals surface area contributed by atoms with Crippen LogP contribution in [0.15, 0.2) is 72.8 Å². The quantitative estimate of drug-likeness (QED) is 0.0670. The summed E-state index contributed by atoms with van der Waals surface area (Å²) in [6.45, 7) is 4.44. The van der Waals surface area contributed by atoms with Crippen LogP contribution in [-0.4, -0.2) is 111 Å². The first-order chi connectivity index (χ1) is 26.5. The van der Waals surface area contributed by atoms with E-state index in [0.29, 0.717) is 11.3 Å². The van der Waals surface area contributed by atoms with E-state index in [2.05, 4.69) is 5.32 Å². The van der Waals surface area contributed by atoms with Gasteiger partial charge in [-0.05, 0) is 42.4 Å². The molecule has 1 spiro atoms. The van der Waals surface area contributed by atoms with E-state index in [1.807, 2.05) is 30.3 Å². The largest absolute Gasteiger partial charge is 0.395 e. The van der Waals surface area contributed by atoms with Crippen molar-refractivity contribution in [3.63, 3.8) is 0 Å². The van der Waals surface area contributed by atoms with Gasteiger partial charge in [0.15, 0.2) is 18.0 Å². The van der Waals surface area contributed by atoms with Crippen LogP contribution in [0, 0.1) is 16.0 Å². The number of hydrogen-bond acceptors (Lipinski definition) is 12. The summed E-state index contributed by atoms with van der Waals surface area (Å²) >= 11 is 0. The number of ether oxygens (including phenoxy) is 2. The Hall–Kier alpha value is -4.66. The Morgan fingerprint density at radius 2 is 1.68 bits per heavy atom. The number of benzene rings is 3. The van der Waals surface area contributed by atoms with Crippen LogP contribution in [0.3, 0.4) is 0 Å². The van der Waals surface area contributed by atoms with Crippen molar-refractivity contribution in [1.82, 2.24) is 4.90 Å². The number of non-ortho nitro benzene ring substituents is 1. The molecule has 3 heterocycles. The van der Waals surface area contributed by atoms with Gasteiger partial charge < -0.3 is 54.2 Å². The summed E-state index contributed by atoms with van der Waals surface area (Å²) in [6, 6.07) is 19.3. The van der Waals surface area contributed by atoms with E-state index in [-0.39, 0.29) is 49.6 Å². The van der Waals surface area contributed by atoms with E-state index in [1.165, 1.54) is 53.2 Å². The maximum atomic E-state index is 16.4. The van der Waals surface area contributed by atoms with Crippen molar-refractivity contribution in [3.05, 3.63) is 99.6 Å². The molecule has 6 rings (SSSR count). The summed E-state index contributed by atoms with van der Waals surface area (Å²) in [4.78, 5) is 55.7. The Balaban J connectivity index is 1.27. The Labute approximate surface area is 322 Å². The van der Waals surface area contributed by atoms with Gasteiger partial charge in [-0.1, -0.05) is 49.4 Å². The van der Waals surface area contributed by atoms with Crippen LogP contribution in [-0.2, 0) is 42.5 Å². The molecule has 9 atom stereocenters. The molecule has 6 N–H and O–H groups in total. The van der Waals surface area contributed by atoms with Crippen LogP contribution >= 0.6 is 0 Å². The number of nitrogens with one attached hydrogen (secondary N) is 1. The molecule has 3 aromatic rings. The summed E-state index contributed by atoms with van der Waals surface area (Å²) in [7, 11) is -3.72. The first-order valence-electron chi connectivity index (χ1n) is 18.2. The predicted octanol–water partition coefficient (Wildman–Crippen LogP) is 2.07. The third kappa shape index (κ3) is 7.70. The van der Waals surface area contributed by atoms with Crippen LogP contribution in [0.5, 0.6) is 0 Å². The third-order valence-electron chi connectivity index (χ3n) is 10.9. The minimum Gasteiger partial charge on any atom is -0.395 e. The average molecular weight is 797 g/mol. The van der Waals surface area contributed by atoms with E-state index < -0.39 is 84.9 Å². The van der Waals surface area contributed by atoms with Crippen molar-refractivity contribution >= 4 is 43.2 Å². The minimum absolute atomic E-state index is 0.0131. The summed E-state index contributed by atoms with van der Waals surface area (Å²) in [5.74, 6) is -2.76. The second-order valence-electron chi connectivity index (χ2n) is 15.0. The smallest absolute Gasteiger partial charge is 0.269 e. The average Bonchev–Trinajstić information content (AvgIpc) is 3.58. The van der Waals surface area contributed by atoms with Gasteiger partial charge in [0.25, 0.3) is 17.5 Å². The second-order valence-corrected chi connectivity index (χ2v) is 18.8. The van der Waals surface area contributed by atoms with Gasteiger partial charge in [-0.15, -0.1) is 0 Å². The maximum absolute atomic E-state index is 16.4. The maximum Gasteiger partial charge on any atom is 0.269 e. The van der Waals surface area contributed by atoms with Gasteiger partial charge in [0.2, 0.25) is 14.3 Å². The molecular formula is C38H45FN4O12Si. The van der Waals surface area contributed by atoms with E-state index in [4.69, 9.17) is 9.47 Å². The number of aliphatic hydroxyl groups excluding tert-OH is 5. The number of halogens is 1. The fourth-order valence-electron chi connectivity index (χ4n) is 8.19. The lowest BCUT2D eigenvalue weighted by Crippen LogP contribution is -2.60. The zero-order chi connectivity index (χ0) is 40.7. The SMILES string of the molecule is C[C@@H]1[C@@H]([Si](C)(C)F)[C@H](CC(=O)N(CCO)Cc2ccccc2)O[C@@]12C(=O)N(Cc1ccc(NC(=O)[C@H]3O[C@@H](O)[C@H](O)[C@@H](O)[C@@H]3O)cc1)c1ccc([N+](=O)[O-])cc12. The fraction of sp³-hybridized carbons (Fsp3) is 0.447. The molecular weight excluding hydrogens is 752 g/mol. The predicted molar refractivity (Wildman–Crippen MR) is 200 cm³/mol. The van der Waals surface area contributed by atoms with Crippen molar-refractivity contribution in [1.29, 1.82) is 0 Å². The number of hydrogen-bond donors (Lipinski definition) is 6. The number of nitro benzene ring substituents is 1. The van der Waals surface area contributed by atoms with Gasteiger partial charge in [-0.2, -0.15) is 0 Å². The summed E-state index contributed by atoms with van der Waals surface area (Å²) in [6.07, 6.45) is -10.4. The highest BCUT2D eigenvalue weighted by Crippen LogP contribution is 2.60. The molecule has 2 saturated heterocycles. The lowest BCUT2D eigenvalue weighted by molar-refractivity contribution is -0.385. The van der Waals surface area contributed by atoms with Crippen LogP contribution < -0.4 is 10.2 Å². The Kier molecular flexibility index (Phi) is 11.8. The molecule has 3 aromatic carbocycles. The molecule has 0 unspecified atom stereocenters. The molecule has 3 aliphatic heterocycles. The Bertz CT molecular complexity index is 1950. The van der Waals surface area contributed by atoms with Gasteiger partial charge in [-0.3, -0.25) is 24.5 Å². The van der Waals surface area contributed by atoms with E-state index >= 15 is 4.11 Å². The number of amides is 3. The molecule has 3 aliphatic rings. The van der Waals surface area contributed by atoms with Crippen molar-refractivity contribution < 1.29 is 58.4 Å². The zero-order valence-corrected chi connectivity index (χ0v) is 31.9. The van der Waals surface area contributed by atoms with Gasteiger partial charge in [-0.25, -0.2) is 0 Å². The van der Waals surface area contributed by atoms with Crippen LogP contribution in [0.2, 0.25) is 18.6 Å². The van der Waals surface area contributed by atoms with E-state index in [1.54, 1.807) is 19.1 Å². The van der Waals surface area contributed by atoms with Gasteiger partial charge in [0.05, 0.1) is 36.3 Å². The molecule has 0 radical (unpaired) electrons. The van der Waals surface area contributed by atoms with Gasteiger partial charge in [0, 0.05) is 47.9 Å². The number of anilines is 2. The molecule has 0 aromatic heterocycles. The number of aliphatic hydroxyl groups is 5. The molecule has 0 saturated carbocycles. The number of nitro groups is 1. The standard InChI is InChI=1S/C38H45FN4O12Si/c1-21-34(56(2,3)39)28(18-29(45)41(15-16-44)19-22-7-5-4-6-8-22)55-38(21)26-17-25(43(52)53)13-14-27(26)42(37(38)51)20-23-9-11-24(12-10-23)40-35(49)33-31(47)30(46)32(48)36(50)54-33/h4-14,17,21,28,30-34,36,44,46-48,50H,15-16,18-20H2,1-3H3,(H,40,49)/t21-,28+,30+,31+,32-,33+,34-,36-,38+/m1/s1. The molecule has 0 aliphatic carbocycles. The lowest BCUT2D eigenvalue weighted by Gasteiger charge is -2.37. The zero-order valence-electron chi connectivity index (χ0n) is 30.9. The topological polar surface area (TPSA) is 232 Å². The molecule has 18 heteroatoms. The molecule has 16 nitrogen and oxygen atoms in total. The molecule has 0 bridgehead atoms. The molecule has 3 amide bonds. The van der Waals surface area contributed by atoms with Crippen molar-refractivity contribution in [2.24, 2.45) is 5.92 Å². The Morgan fingerprint density at radius 1 is 1.00 bits per heavy atom. The summed E-state index contributed by atoms with van der Waals surface area (Å²) in [5.41, 5.74) is -0.965. The monoisotopic (exact) mass is 796 g/mol. The van der Waals surface area contributed by atoms with E-state index in [0.717, 1.165) is 5.56 Å². The molecule has 2 fully saturated rings. The molecule has 56 heavy (non-hydrogen) atoms. The van der Waals surface area contributed by atoms with Crippen molar-refractivity contribution in [2.45, 2.75) is 87.5 Å². The number of nitrogens with zero attached hydrogens (tertiary/aromatic N) is 3. The van der Waals surface area contributed by atoms with Crippen molar-refractivity contribution in [3.8, 4) is 0 Å². The van der Waals surface area contributed by atoms with Gasteiger partial charge in [0.1, 0.15) is 18.3 Å². The number of carbonyl (C=O) groups excluding carboxylic acids is 3. The summed E-state index contributed by atoms with van der Waals surface area (Å²) < 4.78 is 28.1. The number of fused-ring (bicyclic) bond motifs is 2. The molecule has 300 valence electrons. The van der Waals surface area contributed by atoms with Gasteiger partial charge >= 0.3 is 0 Å². The van der Waals surface area contributed by atoms with Crippen LogP contribution in [0.4, 0.5) is 21.2 Å². The highest BCUT2D eigenvalue weighted by molar-refractivity contribution is 6.72. The van der Waals surface area contributed by atoms with Crippen LogP contribution in [0.1, 0.15) is 30.0 Å². The summed E-state index contributed by atoms with van der Waals surface area (Å²) in [5, 5.41) is 64.0. The lowest BCUT2D eigenvalue weighted by atomic mass is 9.82. The second kappa shape index (κ2) is 16.1. The van der Waals surface area contributed by atoms with E-state index in [9.17, 15) is 50.0 Å². The number of rotatable bonds is 12. The highest BCUT2D eigenvalue weighted by Gasteiger charge is 2.67.